The molecule has 1 heterocycles. The van der Waals surface area contributed by atoms with Gasteiger partial charge in [-0.2, -0.15) is 0 Å². The van der Waals surface area contributed by atoms with Gasteiger partial charge in [-0.05, 0) is 17.0 Å². The molecule has 1 aromatic heterocycles. The monoisotopic (exact) mass is 209 g/mol. The van der Waals surface area contributed by atoms with Crippen molar-refractivity contribution in [2.75, 3.05) is 6.54 Å². The summed E-state index contributed by atoms with van der Waals surface area (Å²) in [6.45, 7) is 1.99. The number of amides is 1. The zero-order chi connectivity index (χ0) is 10.4. The molecule has 0 saturated heterocycles. The van der Waals surface area contributed by atoms with Crippen molar-refractivity contribution in [2.24, 2.45) is 0 Å². The zero-order valence-electron chi connectivity index (χ0n) is 7.82. The van der Waals surface area contributed by atoms with E-state index in [2.05, 4.69) is 5.32 Å². The molecule has 1 amide bonds. The SMILES string of the molecule is CC(=O)NCC=Cc1csc(C=O)c1. The third-order valence-corrected chi connectivity index (χ3v) is 2.41. The fraction of sp³-hybridized carbons (Fsp3) is 0.200. The molecule has 1 aromatic rings. The summed E-state index contributed by atoms with van der Waals surface area (Å²) in [6.07, 6.45) is 4.55. The van der Waals surface area contributed by atoms with Crippen LogP contribution in [0.25, 0.3) is 6.08 Å². The fourth-order valence-electron chi connectivity index (χ4n) is 0.915. The van der Waals surface area contributed by atoms with Crippen molar-refractivity contribution in [1.29, 1.82) is 0 Å². The third kappa shape index (κ3) is 3.53. The Kier molecular flexibility index (Phi) is 4.07. The quantitative estimate of drug-likeness (QED) is 0.767. The minimum absolute atomic E-state index is 0.0476. The zero-order valence-corrected chi connectivity index (χ0v) is 8.64. The predicted molar refractivity (Wildman–Crippen MR) is 57.4 cm³/mol. The first-order valence-electron chi connectivity index (χ1n) is 4.17. The van der Waals surface area contributed by atoms with Gasteiger partial charge in [0.15, 0.2) is 6.29 Å². The molecule has 0 atom stereocenters. The Labute approximate surface area is 86.4 Å². The highest BCUT2D eigenvalue weighted by molar-refractivity contribution is 7.11. The van der Waals surface area contributed by atoms with Crippen molar-refractivity contribution in [3.8, 4) is 0 Å². The number of carbonyl (C=O) groups excluding carboxylic acids is 2. The van der Waals surface area contributed by atoms with E-state index < -0.39 is 0 Å². The maximum atomic E-state index is 10.5. The van der Waals surface area contributed by atoms with Crippen LogP contribution in [0.3, 0.4) is 0 Å². The number of thiophene rings is 1. The Balaban J connectivity index is 2.43. The van der Waals surface area contributed by atoms with Gasteiger partial charge in [-0.3, -0.25) is 9.59 Å². The summed E-state index contributed by atoms with van der Waals surface area (Å²) in [5.41, 5.74) is 0.988. The number of rotatable bonds is 4. The van der Waals surface area contributed by atoms with Crippen molar-refractivity contribution in [2.45, 2.75) is 6.92 Å². The van der Waals surface area contributed by atoms with Gasteiger partial charge in [0.25, 0.3) is 0 Å². The molecule has 0 saturated carbocycles. The van der Waals surface area contributed by atoms with Gasteiger partial charge in [-0.15, -0.1) is 11.3 Å². The summed E-state index contributed by atoms with van der Waals surface area (Å²) in [7, 11) is 0. The molecule has 14 heavy (non-hydrogen) atoms. The second-order valence-electron chi connectivity index (χ2n) is 2.74. The molecule has 0 fully saturated rings. The fourth-order valence-corrected chi connectivity index (χ4v) is 1.59. The van der Waals surface area contributed by atoms with E-state index in [1.165, 1.54) is 18.3 Å². The Hall–Kier alpha value is -1.42. The highest BCUT2D eigenvalue weighted by Crippen LogP contribution is 2.13. The molecule has 74 valence electrons. The van der Waals surface area contributed by atoms with Crippen LogP contribution in [0.1, 0.15) is 22.2 Å². The van der Waals surface area contributed by atoms with Crippen LogP contribution in [0.15, 0.2) is 17.5 Å². The molecule has 0 aromatic carbocycles. The number of carbonyl (C=O) groups is 2. The van der Waals surface area contributed by atoms with Crippen molar-refractivity contribution >= 4 is 29.6 Å². The molecule has 1 rings (SSSR count). The Bertz CT molecular complexity index is 355. The second-order valence-corrected chi connectivity index (χ2v) is 3.68. The molecule has 0 unspecified atom stereocenters. The Morgan fingerprint density at radius 3 is 3.00 bits per heavy atom. The van der Waals surface area contributed by atoms with E-state index in [4.69, 9.17) is 0 Å². The molecule has 3 nitrogen and oxygen atoms in total. The van der Waals surface area contributed by atoms with Crippen LogP contribution in [0.4, 0.5) is 0 Å². The van der Waals surface area contributed by atoms with E-state index in [1.54, 1.807) is 0 Å². The standard InChI is InChI=1S/C10H11NO2S/c1-8(13)11-4-2-3-9-5-10(6-12)14-7-9/h2-3,5-7H,4H2,1H3,(H,11,13). The number of aldehydes is 1. The van der Waals surface area contributed by atoms with Crippen molar-refractivity contribution in [3.05, 3.63) is 28.0 Å². The van der Waals surface area contributed by atoms with Gasteiger partial charge >= 0.3 is 0 Å². The average Bonchev–Trinajstić information content (AvgIpc) is 2.60. The maximum Gasteiger partial charge on any atom is 0.217 e. The summed E-state index contributed by atoms with van der Waals surface area (Å²) >= 11 is 1.41. The number of nitrogens with one attached hydrogen (secondary N) is 1. The Morgan fingerprint density at radius 1 is 1.64 bits per heavy atom. The molecule has 0 radical (unpaired) electrons. The molecule has 0 bridgehead atoms. The summed E-state index contributed by atoms with van der Waals surface area (Å²) < 4.78 is 0. The molecular weight excluding hydrogens is 198 g/mol. The van der Waals surface area contributed by atoms with E-state index >= 15 is 0 Å². The molecule has 0 aliphatic carbocycles. The Morgan fingerprint density at radius 2 is 2.43 bits per heavy atom. The molecule has 0 aliphatic rings. The van der Waals surface area contributed by atoms with E-state index in [0.717, 1.165) is 11.8 Å². The van der Waals surface area contributed by atoms with Crippen molar-refractivity contribution < 1.29 is 9.59 Å². The van der Waals surface area contributed by atoms with Crippen LogP contribution in [0.5, 0.6) is 0 Å². The first-order valence-corrected chi connectivity index (χ1v) is 5.05. The minimum atomic E-state index is -0.0476. The highest BCUT2D eigenvalue weighted by Gasteiger charge is 1.93. The lowest BCUT2D eigenvalue weighted by Crippen LogP contribution is -2.19. The van der Waals surface area contributed by atoms with Crippen LogP contribution in [0.2, 0.25) is 0 Å². The van der Waals surface area contributed by atoms with Crippen molar-refractivity contribution in [3.63, 3.8) is 0 Å². The molecule has 0 aliphatic heterocycles. The van der Waals surface area contributed by atoms with Crippen LogP contribution >= 0.6 is 11.3 Å². The smallest absolute Gasteiger partial charge is 0.217 e. The van der Waals surface area contributed by atoms with E-state index in [1.807, 2.05) is 23.6 Å². The molecule has 4 heteroatoms. The molecule has 1 N–H and O–H groups in total. The predicted octanol–water partition coefficient (Wildman–Crippen LogP) is 1.71. The summed E-state index contributed by atoms with van der Waals surface area (Å²) in [6, 6.07) is 1.81. The van der Waals surface area contributed by atoms with Crippen LogP contribution in [-0.4, -0.2) is 18.7 Å². The van der Waals surface area contributed by atoms with E-state index in [0.29, 0.717) is 11.4 Å². The minimum Gasteiger partial charge on any atom is -0.353 e. The van der Waals surface area contributed by atoms with Gasteiger partial charge < -0.3 is 5.32 Å². The van der Waals surface area contributed by atoms with Gasteiger partial charge in [0, 0.05) is 13.5 Å². The molecule has 0 spiro atoms. The first kappa shape index (κ1) is 10.7. The van der Waals surface area contributed by atoms with Gasteiger partial charge in [0.1, 0.15) is 0 Å². The summed E-state index contributed by atoms with van der Waals surface area (Å²) in [4.78, 5) is 21.6. The third-order valence-electron chi connectivity index (χ3n) is 1.54. The lowest BCUT2D eigenvalue weighted by Gasteiger charge is -1.93. The summed E-state index contributed by atoms with van der Waals surface area (Å²) in [5.74, 6) is -0.0476. The average molecular weight is 209 g/mol. The number of hydrogen-bond donors (Lipinski definition) is 1. The second kappa shape index (κ2) is 5.34. The van der Waals surface area contributed by atoms with E-state index in [9.17, 15) is 9.59 Å². The van der Waals surface area contributed by atoms with Crippen LogP contribution in [-0.2, 0) is 4.79 Å². The van der Waals surface area contributed by atoms with Crippen molar-refractivity contribution in [1.82, 2.24) is 5.32 Å². The van der Waals surface area contributed by atoms with Crippen LogP contribution < -0.4 is 5.32 Å². The topological polar surface area (TPSA) is 46.2 Å². The summed E-state index contributed by atoms with van der Waals surface area (Å²) in [5, 5.41) is 4.54. The largest absolute Gasteiger partial charge is 0.353 e. The van der Waals surface area contributed by atoms with Gasteiger partial charge in [0.05, 0.1) is 4.88 Å². The van der Waals surface area contributed by atoms with Gasteiger partial charge in [-0.25, -0.2) is 0 Å². The van der Waals surface area contributed by atoms with E-state index in [-0.39, 0.29) is 5.91 Å². The number of hydrogen-bond acceptors (Lipinski definition) is 3. The first-order chi connectivity index (χ1) is 6.72. The highest BCUT2D eigenvalue weighted by atomic mass is 32.1. The lowest BCUT2D eigenvalue weighted by atomic mass is 10.3. The maximum absolute atomic E-state index is 10.5. The van der Waals surface area contributed by atoms with Gasteiger partial charge in [0.2, 0.25) is 5.91 Å². The van der Waals surface area contributed by atoms with Gasteiger partial charge in [-0.1, -0.05) is 12.2 Å². The molecular formula is C10H11NO2S. The van der Waals surface area contributed by atoms with Crippen LogP contribution in [0, 0.1) is 0 Å². The normalized spacial score (nSPS) is 10.4. The lowest BCUT2D eigenvalue weighted by molar-refractivity contribution is -0.118.